The number of benzene rings is 1. The summed E-state index contributed by atoms with van der Waals surface area (Å²) in [6, 6.07) is 6.10. The molecule has 1 aromatic heterocycles. The number of rotatable bonds is 6. The van der Waals surface area contributed by atoms with Gasteiger partial charge in [0.05, 0.1) is 16.8 Å². The Labute approximate surface area is 143 Å². The first-order valence-corrected chi connectivity index (χ1v) is 7.58. The lowest BCUT2D eigenvalue weighted by Gasteiger charge is -2.12. The molecule has 2 N–H and O–H groups in total. The molecule has 1 heterocycles. The standard InChI is InChI=1S/C17H19F3N4O/c1-24(2)7-6-22-15-8-12(10-21-11-15)16(25)23-14-5-3-4-13(9-14)17(18,19)20/h3-5,8-11,22H,6-7H2,1-2H3,(H,23,25). The molecule has 2 aromatic rings. The van der Waals surface area contributed by atoms with Crippen molar-refractivity contribution in [3.05, 3.63) is 53.9 Å². The highest BCUT2D eigenvalue weighted by Gasteiger charge is 2.30. The Kier molecular flexibility index (Phi) is 5.97. The second-order valence-corrected chi connectivity index (χ2v) is 5.73. The molecule has 0 radical (unpaired) electrons. The van der Waals surface area contributed by atoms with Crippen molar-refractivity contribution in [2.75, 3.05) is 37.8 Å². The predicted molar refractivity (Wildman–Crippen MR) is 90.7 cm³/mol. The van der Waals surface area contributed by atoms with E-state index in [0.29, 0.717) is 12.2 Å². The maximum Gasteiger partial charge on any atom is 0.416 e. The molecule has 8 heteroatoms. The molecule has 1 amide bonds. The Bertz CT molecular complexity index is 732. The number of nitrogens with zero attached hydrogens (tertiary/aromatic N) is 2. The normalized spacial score (nSPS) is 11.4. The number of likely N-dealkylation sites (N-methyl/N-ethyl adjacent to an activating group) is 1. The molecular formula is C17H19F3N4O. The highest BCUT2D eigenvalue weighted by atomic mass is 19.4. The Morgan fingerprint density at radius 3 is 2.60 bits per heavy atom. The largest absolute Gasteiger partial charge is 0.416 e. The third-order valence-electron chi connectivity index (χ3n) is 3.34. The fourth-order valence-electron chi connectivity index (χ4n) is 2.06. The van der Waals surface area contributed by atoms with Gasteiger partial charge in [-0.05, 0) is 38.4 Å². The van der Waals surface area contributed by atoms with Crippen LogP contribution in [0.2, 0.25) is 0 Å². The van der Waals surface area contributed by atoms with E-state index in [9.17, 15) is 18.0 Å². The first-order valence-electron chi connectivity index (χ1n) is 7.58. The van der Waals surface area contributed by atoms with Crippen molar-refractivity contribution in [3.8, 4) is 0 Å². The van der Waals surface area contributed by atoms with Crippen LogP contribution >= 0.6 is 0 Å². The Hall–Kier alpha value is -2.61. The number of hydrogen-bond donors (Lipinski definition) is 2. The summed E-state index contributed by atoms with van der Waals surface area (Å²) in [5.41, 5.74) is 0.180. The molecule has 0 aliphatic rings. The Morgan fingerprint density at radius 2 is 1.92 bits per heavy atom. The number of anilines is 2. The summed E-state index contributed by atoms with van der Waals surface area (Å²) in [6.45, 7) is 1.48. The van der Waals surface area contributed by atoms with Gasteiger partial charge in [-0.25, -0.2) is 0 Å². The number of carbonyl (C=O) groups excluding carboxylic acids is 1. The van der Waals surface area contributed by atoms with Crippen LogP contribution < -0.4 is 10.6 Å². The quantitative estimate of drug-likeness (QED) is 0.837. The van der Waals surface area contributed by atoms with E-state index in [4.69, 9.17) is 0 Å². The maximum atomic E-state index is 12.7. The van der Waals surface area contributed by atoms with Gasteiger partial charge in [0.25, 0.3) is 5.91 Å². The second-order valence-electron chi connectivity index (χ2n) is 5.73. The van der Waals surface area contributed by atoms with Crippen molar-refractivity contribution in [1.82, 2.24) is 9.88 Å². The van der Waals surface area contributed by atoms with Crippen molar-refractivity contribution in [3.63, 3.8) is 0 Å². The molecule has 0 spiro atoms. The molecule has 0 atom stereocenters. The smallest absolute Gasteiger partial charge is 0.382 e. The average molecular weight is 352 g/mol. The van der Waals surface area contributed by atoms with Crippen LogP contribution in [0, 0.1) is 0 Å². The van der Waals surface area contributed by atoms with Crippen molar-refractivity contribution < 1.29 is 18.0 Å². The van der Waals surface area contributed by atoms with Gasteiger partial charge in [0.2, 0.25) is 0 Å². The molecule has 0 aliphatic heterocycles. The zero-order valence-corrected chi connectivity index (χ0v) is 13.9. The molecular weight excluding hydrogens is 333 g/mol. The molecule has 0 fully saturated rings. The summed E-state index contributed by atoms with van der Waals surface area (Å²) in [6.07, 6.45) is -1.52. The average Bonchev–Trinajstić information content (AvgIpc) is 2.54. The van der Waals surface area contributed by atoms with E-state index >= 15 is 0 Å². The summed E-state index contributed by atoms with van der Waals surface area (Å²) in [4.78, 5) is 18.2. The summed E-state index contributed by atoms with van der Waals surface area (Å²) in [5.74, 6) is -0.525. The molecule has 134 valence electrons. The number of carbonyl (C=O) groups is 1. The van der Waals surface area contributed by atoms with Gasteiger partial charge >= 0.3 is 6.18 Å². The first kappa shape index (κ1) is 18.7. The van der Waals surface area contributed by atoms with Crippen LogP contribution in [-0.4, -0.2) is 43.0 Å². The molecule has 0 saturated carbocycles. The lowest BCUT2D eigenvalue weighted by molar-refractivity contribution is -0.137. The third-order valence-corrected chi connectivity index (χ3v) is 3.34. The van der Waals surface area contributed by atoms with Gasteiger partial charge in [-0.2, -0.15) is 13.2 Å². The molecule has 2 rings (SSSR count). The SMILES string of the molecule is CN(C)CCNc1cncc(C(=O)Nc2cccc(C(F)(F)F)c2)c1. The summed E-state index contributed by atoms with van der Waals surface area (Å²) in [7, 11) is 3.89. The van der Waals surface area contributed by atoms with Gasteiger partial charge in [-0.3, -0.25) is 9.78 Å². The van der Waals surface area contributed by atoms with Gasteiger partial charge in [0, 0.05) is 31.2 Å². The van der Waals surface area contributed by atoms with Crippen LogP contribution in [0.25, 0.3) is 0 Å². The first-order chi connectivity index (χ1) is 11.8. The van der Waals surface area contributed by atoms with Gasteiger partial charge < -0.3 is 15.5 Å². The van der Waals surface area contributed by atoms with E-state index in [1.807, 2.05) is 19.0 Å². The minimum atomic E-state index is -4.46. The molecule has 0 bridgehead atoms. The van der Waals surface area contributed by atoms with E-state index in [-0.39, 0.29) is 11.3 Å². The van der Waals surface area contributed by atoms with Crippen molar-refractivity contribution >= 4 is 17.3 Å². The Balaban J connectivity index is 2.06. The molecule has 1 aromatic carbocycles. The number of amides is 1. The molecule has 0 unspecified atom stereocenters. The molecule has 25 heavy (non-hydrogen) atoms. The zero-order valence-electron chi connectivity index (χ0n) is 13.9. The third kappa shape index (κ3) is 5.75. The van der Waals surface area contributed by atoms with Crippen LogP contribution in [0.5, 0.6) is 0 Å². The lowest BCUT2D eigenvalue weighted by atomic mass is 10.2. The minimum Gasteiger partial charge on any atom is -0.382 e. The van der Waals surface area contributed by atoms with Crippen LogP contribution in [-0.2, 0) is 6.18 Å². The monoisotopic (exact) mass is 352 g/mol. The van der Waals surface area contributed by atoms with Crippen molar-refractivity contribution in [1.29, 1.82) is 0 Å². The second kappa shape index (κ2) is 7.98. The van der Waals surface area contributed by atoms with Crippen molar-refractivity contribution in [2.24, 2.45) is 0 Å². The van der Waals surface area contributed by atoms with Crippen LogP contribution in [0.4, 0.5) is 24.5 Å². The topological polar surface area (TPSA) is 57.3 Å². The van der Waals surface area contributed by atoms with E-state index < -0.39 is 17.6 Å². The van der Waals surface area contributed by atoms with Crippen LogP contribution in [0.3, 0.4) is 0 Å². The van der Waals surface area contributed by atoms with Gasteiger partial charge in [0.15, 0.2) is 0 Å². The molecule has 0 aliphatic carbocycles. The number of nitrogens with one attached hydrogen (secondary N) is 2. The predicted octanol–water partition coefficient (Wildman–Crippen LogP) is 3.33. The number of hydrogen-bond acceptors (Lipinski definition) is 4. The van der Waals surface area contributed by atoms with Gasteiger partial charge in [-0.15, -0.1) is 0 Å². The number of alkyl halides is 3. The number of aromatic nitrogens is 1. The molecule has 5 nitrogen and oxygen atoms in total. The summed E-state index contributed by atoms with van der Waals surface area (Å²) >= 11 is 0. The highest BCUT2D eigenvalue weighted by Crippen LogP contribution is 2.30. The summed E-state index contributed by atoms with van der Waals surface area (Å²) < 4.78 is 38.2. The van der Waals surface area contributed by atoms with Gasteiger partial charge in [0.1, 0.15) is 0 Å². The maximum absolute atomic E-state index is 12.7. The lowest BCUT2D eigenvalue weighted by Crippen LogP contribution is -2.21. The number of pyridine rings is 1. The fraction of sp³-hybridized carbons (Fsp3) is 0.294. The van der Waals surface area contributed by atoms with E-state index in [0.717, 1.165) is 18.7 Å². The minimum absolute atomic E-state index is 0.0748. The van der Waals surface area contributed by atoms with Crippen LogP contribution in [0.15, 0.2) is 42.7 Å². The number of halogens is 3. The Morgan fingerprint density at radius 1 is 1.16 bits per heavy atom. The zero-order chi connectivity index (χ0) is 18.4. The highest BCUT2D eigenvalue weighted by molar-refractivity contribution is 6.04. The summed E-state index contributed by atoms with van der Waals surface area (Å²) in [5, 5.41) is 5.59. The van der Waals surface area contributed by atoms with E-state index in [1.54, 1.807) is 12.3 Å². The fourth-order valence-corrected chi connectivity index (χ4v) is 2.06. The van der Waals surface area contributed by atoms with Gasteiger partial charge in [-0.1, -0.05) is 6.07 Å². The van der Waals surface area contributed by atoms with E-state index in [1.165, 1.54) is 18.3 Å². The molecule has 0 saturated heterocycles. The van der Waals surface area contributed by atoms with E-state index in [2.05, 4.69) is 15.6 Å². The van der Waals surface area contributed by atoms with Crippen molar-refractivity contribution in [2.45, 2.75) is 6.18 Å². The van der Waals surface area contributed by atoms with Crippen LogP contribution in [0.1, 0.15) is 15.9 Å².